The second-order valence-electron chi connectivity index (χ2n) is 2.76. The normalized spacial score (nSPS) is 11.9. The van der Waals surface area contributed by atoms with Gasteiger partial charge in [-0.15, -0.1) is 17.3 Å². The van der Waals surface area contributed by atoms with Crippen LogP contribution in [0.5, 0.6) is 0 Å². The van der Waals surface area contributed by atoms with E-state index in [1.807, 2.05) is 6.92 Å². The maximum atomic E-state index is 5.68. The van der Waals surface area contributed by atoms with E-state index in [0.29, 0.717) is 13.1 Å². The Bertz CT molecular complexity index is 337. The predicted molar refractivity (Wildman–Crippen MR) is 65.3 cm³/mol. The fraction of sp³-hybridized carbons (Fsp3) is 0.400. The van der Waals surface area contributed by atoms with Crippen molar-refractivity contribution in [1.82, 2.24) is 5.32 Å². The summed E-state index contributed by atoms with van der Waals surface area (Å²) in [5, 5.41) is 5.35. The highest BCUT2D eigenvalue weighted by atomic mass is 79.9. The Morgan fingerprint density at radius 1 is 1.71 bits per heavy atom. The van der Waals surface area contributed by atoms with E-state index in [0.717, 1.165) is 4.47 Å². The highest BCUT2D eigenvalue weighted by Gasteiger charge is 2.09. The molecular formula is C10H13BrN2S. The summed E-state index contributed by atoms with van der Waals surface area (Å²) in [6.07, 6.45) is 0. The molecule has 0 saturated carbocycles. The van der Waals surface area contributed by atoms with E-state index < -0.39 is 0 Å². The van der Waals surface area contributed by atoms with Crippen molar-refractivity contribution in [3.05, 3.63) is 20.8 Å². The second kappa shape index (κ2) is 6.20. The van der Waals surface area contributed by atoms with Crippen molar-refractivity contribution in [3.63, 3.8) is 0 Å². The second-order valence-corrected chi connectivity index (χ2v) is 4.62. The van der Waals surface area contributed by atoms with Gasteiger partial charge in [0.2, 0.25) is 0 Å². The Labute approximate surface area is 97.0 Å². The molecule has 0 spiro atoms. The quantitative estimate of drug-likeness (QED) is 0.825. The van der Waals surface area contributed by atoms with Gasteiger partial charge in [-0.25, -0.2) is 0 Å². The number of thiophene rings is 1. The molecule has 76 valence electrons. The largest absolute Gasteiger partial charge is 0.329 e. The zero-order valence-electron chi connectivity index (χ0n) is 8.01. The van der Waals surface area contributed by atoms with Crippen LogP contribution >= 0.6 is 27.3 Å². The third kappa shape index (κ3) is 3.43. The average molecular weight is 273 g/mol. The zero-order chi connectivity index (χ0) is 10.4. The third-order valence-electron chi connectivity index (χ3n) is 1.78. The molecule has 4 heteroatoms. The molecule has 1 rings (SSSR count). The number of hydrogen-bond acceptors (Lipinski definition) is 3. The van der Waals surface area contributed by atoms with Gasteiger partial charge in [-0.2, -0.15) is 0 Å². The Morgan fingerprint density at radius 3 is 3.00 bits per heavy atom. The van der Waals surface area contributed by atoms with Crippen LogP contribution in [-0.4, -0.2) is 13.1 Å². The lowest BCUT2D eigenvalue weighted by molar-refractivity contribution is 0.591. The van der Waals surface area contributed by atoms with Gasteiger partial charge in [0.1, 0.15) is 0 Å². The predicted octanol–water partition coefficient (Wildman–Crippen LogP) is 2.12. The van der Waals surface area contributed by atoms with Crippen molar-refractivity contribution in [2.45, 2.75) is 13.0 Å². The minimum absolute atomic E-state index is 0.215. The molecule has 1 unspecified atom stereocenters. The molecule has 0 aromatic carbocycles. The molecule has 3 N–H and O–H groups in total. The number of rotatable bonds is 4. The first kappa shape index (κ1) is 11.7. The summed E-state index contributed by atoms with van der Waals surface area (Å²) in [4.78, 5) is 1.25. The number of nitrogens with one attached hydrogen (secondary N) is 1. The lowest BCUT2D eigenvalue weighted by atomic mass is 10.2. The molecule has 0 aliphatic carbocycles. The molecule has 0 fully saturated rings. The summed E-state index contributed by atoms with van der Waals surface area (Å²) >= 11 is 5.13. The zero-order valence-corrected chi connectivity index (χ0v) is 10.4. The summed E-state index contributed by atoms with van der Waals surface area (Å²) in [7, 11) is 0. The topological polar surface area (TPSA) is 38.0 Å². The number of nitrogens with two attached hydrogens (primary N) is 1. The van der Waals surface area contributed by atoms with Crippen LogP contribution in [0.3, 0.4) is 0 Å². The number of hydrogen-bond donors (Lipinski definition) is 2. The lowest BCUT2D eigenvalue weighted by Crippen LogP contribution is -2.27. The van der Waals surface area contributed by atoms with Gasteiger partial charge in [0.15, 0.2) is 0 Å². The average Bonchev–Trinajstić information content (AvgIpc) is 2.60. The third-order valence-corrected chi connectivity index (χ3v) is 3.59. The molecule has 0 amide bonds. The van der Waals surface area contributed by atoms with E-state index >= 15 is 0 Å². The standard InChI is InChI=1S/C10H13BrN2S/c1-2-3-4-13-9(6-12)10-5-8(11)7-14-10/h5,7,9,13H,4,6,12H2,1H3. The lowest BCUT2D eigenvalue weighted by Gasteiger charge is -2.12. The van der Waals surface area contributed by atoms with E-state index in [-0.39, 0.29) is 6.04 Å². The molecule has 1 atom stereocenters. The van der Waals surface area contributed by atoms with Crippen LogP contribution < -0.4 is 11.1 Å². The first-order chi connectivity index (χ1) is 6.77. The van der Waals surface area contributed by atoms with Gasteiger partial charge in [0.25, 0.3) is 0 Å². The van der Waals surface area contributed by atoms with Crippen LogP contribution in [-0.2, 0) is 0 Å². The van der Waals surface area contributed by atoms with Gasteiger partial charge in [-0.3, -0.25) is 5.32 Å². The van der Waals surface area contributed by atoms with Crippen molar-refractivity contribution >= 4 is 27.3 Å². The molecule has 0 radical (unpaired) electrons. The van der Waals surface area contributed by atoms with Crippen molar-refractivity contribution in [1.29, 1.82) is 0 Å². The van der Waals surface area contributed by atoms with E-state index in [1.165, 1.54) is 4.88 Å². The first-order valence-corrected chi connectivity index (χ1v) is 6.02. The fourth-order valence-corrected chi connectivity index (χ4v) is 2.61. The highest BCUT2D eigenvalue weighted by Crippen LogP contribution is 2.24. The van der Waals surface area contributed by atoms with Crippen LogP contribution in [0.4, 0.5) is 0 Å². The van der Waals surface area contributed by atoms with Crippen molar-refractivity contribution < 1.29 is 0 Å². The van der Waals surface area contributed by atoms with Gasteiger partial charge in [0.05, 0.1) is 12.6 Å². The molecular weight excluding hydrogens is 260 g/mol. The van der Waals surface area contributed by atoms with E-state index in [4.69, 9.17) is 5.73 Å². The molecule has 14 heavy (non-hydrogen) atoms. The minimum atomic E-state index is 0.215. The molecule has 1 aromatic heterocycles. The van der Waals surface area contributed by atoms with Gasteiger partial charge in [0, 0.05) is 21.3 Å². The maximum Gasteiger partial charge on any atom is 0.0581 e. The number of halogens is 1. The smallest absolute Gasteiger partial charge is 0.0581 e. The van der Waals surface area contributed by atoms with E-state index in [1.54, 1.807) is 11.3 Å². The summed E-state index contributed by atoms with van der Waals surface area (Å²) in [6.45, 7) is 3.12. The Balaban J connectivity index is 2.56. The van der Waals surface area contributed by atoms with Crippen molar-refractivity contribution in [3.8, 4) is 11.8 Å². The van der Waals surface area contributed by atoms with E-state index in [2.05, 4.69) is 44.5 Å². The SMILES string of the molecule is CC#CCNC(CN)c1cc(Br)cs1. The van der Waals surface area contributed by atoms with Gasteiger partial charge >= 0.3 is 0 Å². The van der Waals surface area contributed by atoms with Gasteiger partial charge in [-0.05, 0) is 28.9 Å². The van der Waals surface area contributed by atoms with Crippen molar-refractivity contribution in [2.24, 2.45) is 5.73 Å². The Hall–Kier alpha value is -0.340. The maximum absolute atomic E-state index is 5.68. The van der Waals surface area contributed by atoms with Crippen LogP contribution in [0.1, 0.15) is 17.8 Å². The van der Waals surface area contributed by atoms with Crippen LogP contribution in [0, 0.1) is 11.8 Å². The molecule has 1 aromatic rings. The van der Waals surface area contributed by atoms with Crippen LogP contribution in [0.25, 0.3) is 0 Å². The molecule has 2 nitrogen and oxygen atoms in total. The Morgan fingerprint density at radius 2 is 2.50 bits per heavy atom. The molecule has 1 heterocycles. The Kier molecular flexibility index (Phi) is 5.20. The minimum Gasteiger partial charge on any atom is -0.329 e. The van der Waals surface area contributed by atoms with Crippen LogP contribution in [0.2, 0.25) is 0 Å². The first-order valence-electron chi connectivity index (χ1n) is 4.35. The summed E-state index contributed by atoms with van der Waals surface area (Å²) in [6, 6.07) is 2.31. The fourth-order valence-electron chi connectivity index (χ4n) is 1.07. The molecule has 0 aliphatic rings. The summed E-state index contributed by atoms with van der Waals surface area (Å²) in [5.41, 5.74) is 5.68. The van der Waals surface area contributed by atoms with E-state index in [9.17, 15) is 0 Å². The highest BCUT2D eigenvalue weighted by molar-refractivity contribution is 9.10. The van der Waals surface area contributed by atoms with Gasteiger partial charge < -0.3 is 5.73 Å². The summed E-state index contributed by atoms with van der Waals surface area (Å²) in [5.74, 6) is 5.81. The molecule has 0 aliphatic heterocycles. The van der Waals surface area contributed by atoms with Crippen LogP contribution in [0.15, 0.2) is 15.9 Å². The monoisotopic (exact) mass is 272 g/mol. The molecule has 0 saturated heterocycles. The summed E-state index contributed by atoms with van der Waals surface area (Å²) < 4.78 is 1.11. The molecule has 0 bridgehead atoms. The van der Waals surface area contributed by atoms with Crippen molar-refractivity contribution in [2.75, 3.05) is 13.1 Å². The van der Waals surface area contributed by atoms with Gasteiger partial charge in [-0.1, -0.05) is 5.92 Å².